The minimum absolute atomic E-state index is 0.0980. The van der Waals surface area contributed by atoms with Gasteiger partial charge in [-0.2, -0.15) is 0 Å². The second-order valence-electron chi connectivity index (χ2n) is 10.8. The molecule has 2 fully saturated rings. The van der Waals surface area contributed by atoms with Crippen LogP contribution in [0.25, 0.3) is 0 Å². The van der Waals surface area contributed by atoms with Gasteiger partial charge in [-0.25, -0.2) is 4.79 Å². The van der Waals surface area contributed by atoms with E-state index in [-0.39, 0.29) is 18.6 Å². The molecule has 0 spiro atoms. The Balaban J connectivity index is 1.47. The molecule has 34 heavy (non-hydrogen) atoms. The molecule has 2 aliphatic rings. The molecule has 190 valence electrons. The molecule has 1 atom stereocenters. The Morgan fingerprint density at radius 2 is 1.71 bits per heavy atom. The lowest BCUT2D eigenvalue weighted by atomic mass is 9.90. The predicted molar refractivity (Wildman–Crippen MR) is 133 cm³/mol. The summed E-state index contributed by atoms with van der Waals surface area (Å²) in [5.74, 6) is 0.351. The van der Waals surface area contributed by atoms with Crippen molar-refractivity contribution < 1.29 is 19.1 Å². The highest BCUT2D eigenvalue weighted by atomic mass is 16.6. The van der Waals surface area contributed by atoms with Crippen molar-refractivity contribution in [2.24, 2.45) is 5.92 Å². The third-order valence-electron chi connectivity index (χ3n) is 6.55. The average molecular weight is 474 g/mol. The standard InChI is InChI=1S/C27H43N3O4/c1-27(2,3)34-26(32)29-24(20-33-19-22-12-8-5-9-13-22)25(31)28-23-14-16-30(17-15-23)18-21-10-6-4-7-11-21/h4,6-7,10-11,22-24H,5,8-9,12-20H2,1-3H3,(H,28,31)(H,29,32). The summed E-state index contributed by atoms with van der Waals surface area (Å²) >= 11 is 0. The van der Waals surface area contributed by atoms with Crippen LogP contribution in [0.1, 0.15) is 71.3 Å². The first-order valence-electron chi connectivity index (χ1n) is 12.9. The van der Waals surface area contributed by atoms with E-state index >= 15 is 0 Å². The van der Waals surface area contributed by atoms with Gasteiger partial charge in [0.05, 0.1) is 6.61 Å². The van der Waals surface area contributed by atoms with Crippen LogP contribution in [-0.4, -0.2) is 60.9 Å². The van der Waals surface area contributed by atoms with Gasteiger partial charge in [-0.1, -0.05) is 49.6 Å². The lowest BCUT2D eigenvalue weighted by Gasteiger charge is -2.33. The van der Waals surface area contributed by atoms with Crippen molar-refractivity contribution in [3.8, 4) is 0 Å². The van der Waals surface area contributed by atoms with Gasteiger partial charge in [0.25, 0.3) is 0 Å². The van der Waals surface area contributed by atoms with Crippen LogP contribution in [0.4, 0.5) is 4.79 Å². The van der Waals surface area contributed by atoms with Crippen molar-refractivity contribution >= 4 is 12.0 Å². The second kappa shape index (κ2) is 13.1. The molecule has 7 nitrogen and oxygen atoms in total. The molecule has 1 aliphatic carbocycles. The summed E-state index contributed by atoms with van der Waals surface area (Å²) in [5.41, 5.74) is 0.682. The summed E-state index contributed by atoms with van der Waals surface area (Å²) < 4.78 is 11.3. The number of carbonyl (C=O) groups excluding carboxylic acids is 2. The third-order valence-corrected chi connectivity index (χ3v) is 6.55. The SMILES string of the molecule is CC(C)(C)OC(=O)NC(COCC1CCCCC1)C(=O)NC1CCN(Cc2ccccc2)CC1. The molecule has 0 bridgehead atoms. The number of ether oxygens (including phenoxy) is 2. The molecular weight excluding hydrogens is 430 g/mol. The number of hydrogen-bond donors (Lipinski definition) is 2. The Kier molecular flexibility index (Phi) is 10.2. The number of amides is 2. The highest BCUT2D eigenvalue weighted by Gasteiger charge is 2.28. The molecule has 0 aromatic heterocycles. The van der Waals surface area contributed by atoms with Gasteiger partial charge < -0.3 is 20.1 Å². The summed E-state index contributed by atoms with van der Waals surface area (Å²) in [5, 5.41) is 5.88. The molecule has 1 heterocycles. The molecule has 2 N–H and O–H groups in total. The van der Waals surface area contributed by atoms with Crippen LogP contribution in [0.2, 0.25) is 0 Å². The van der Waals surface area contributed by atoms with E-state index in [9.17, 15) is 9.59 Å². The molecule has 0 radical (unpaired) electrons. The fraction of sp³-hybridized carbons (Fsp3) is 0.704. The van der Waals surface area contributed by atoms with Gasteiger partial charge in [0.2, 0.25) is 5.91 Å². The molecule has 2 amide bonds. The highest BCUT2D eigenvalue weighted by molar-refractivity contribution is 5.86. The van der Waals surface area contributed by atoms with E-state index in [1.54, 1.807) is 0 Å². The van der Waals surface area contributed by atoms with Gasteiger partial charge in [0.15, 0.2) is 0 Å². The van der Waals surface area contributed by atoms with Gasteiger partial charge in [-0.3, -0.25) is 9.69 Å². The van der Waals surface area contributed by atoms with Crippen molar-refractivity contribution in [1.29, 1.82) is 0 Å². The monoisotopic (exact) mass is 473 g/mol. The first-order valence-corrected chi connectivity index (χ1v) is 12.9. The van der Waals surface area contributed by atoms with Crippen LogP contribution in [0, 0.1) is 5.92 Å². The van der Waals surface area contributed by atoms with Crippen LogP contribution in [0.5, 0.6) is 0 Å². The Labute approximate surface area is 204 Å². The first-order chi connectivity index (χ1) is 16.3. The zero-order chi connectivity index (χ0) is 24.4. The highest BCUT2D eigenvalue weighted by Crippen LogP contribution is 2.23. The fourth-order valence-electron chi connectivity index (χ4n) is 4.72. The van der Waals surface area contributed by atoms with Gasteiger partial charge >= 0.3 is 6.09 Å². The number of alkyl carbamates (subject to hydrolysis) is 1. The smallest absolute Gasteiger partial charge is 0.408 e. The summed E-state index contributed by atoms with van der Waals surface area (Å²) in [6, 6.07) is 9.79. The van der Waals surface area contributed by atoms with Crippen LogP contribution < -0.4 is 10.6 Å². The lowest BCUT2D eigenvalue weighted by molar-refractivity contribution is -0.126. The Morgan fingerprint density at radius 1 is 1.03 bits per heavy atom. The number of hydrogen-bond acceptors (Lipinski definition) is 5. The zero-order valence-electron chi connectivity index (χ0n) is 21.2. The van der Waals surface area contributed by atoms with E-state index in [1.165, 1.54) is 37.7 Å². The van der Waals surface area contributed by atoms with Crippen molar-refractivity contribution in [1.82, 2.24) is 15.5 Å². The number of piperidine rings is 1. The van der Waals surface area contributed by atoms with Crippen LogP contribution in [0.3, 0.4) is 0 Å². The summed E-state index contributed by atoms with van der Waals surface area (Å²) in [6.07, 6.45) is 7.34. The zero-order valence-corrected chi connectivity index (χ0v) is 21.2. The van der Waals surface area contributed by atoms with Gasteiger partial charge in [-0.05, 0) is 57.9 Å². The van der Waals surface area contributed by atoms with Gasteiger partial charge in [-0.15, -0.1) is 0 Å². The summed E-state index contributed by atoms with van der Waals surface area (Å²) in [4.78, 5) is 27.9. The maximum Gasteiger partial charge on any atom is 0.408 e. The van der Waals surface area contributed by atoms with Gasteiger partial charge in [0.1, 0.15) is 11.6 Å². The Hall–Kier alpha value is -2.12. The first kappa shape index (κ1) is 26.5. The predicted octanol–water partition coefficient (Wildman–Crippen LogP) is 4.26. The molecule has 1 saturated heterocycles. The van der Waals surface area contributed by atoms with Crippen molar-refractivity contribution in [2.75, 3.05) is 26.3 Å². The van der Waals surface area contributed by atoms with Crippen LogP contribution in [0.15, 0.2) is 30.3 Å². The maximum absolute atomic E-state index is 13.1. The van der Waals surface area contributed by atoms with E-state index in [4.69, 9.17) is 9.47 Å². The maximum atomic E-state index is 13.1. The number of benzene rings is 1. The number of nitrogens with zero attached hydrogens (tertiary/aromatic N) is 1. The number of nitrogens with one attached hydrogen (secondary N) is 2. The molecule has 1 aromatic rings. The molecular formula is C27H43N3O4. The fourth-order valence-corrected chi connectivity index (χ4v) is 4.72. The molecule has 1 aliphatic heterocycles. The van der Waals surface area contributed by atoms with Crippen LogP contribution in [-0.2, 0) is 20.8 Å². The molecule has 3 rings (SSSR count). The van der Waals surface area contributed by atoms with E-state index in [2.05, 4.69) is 39.8 Å². The molecule has 1 aromatic carbocycles. The van der Waals surface area contributed by atoms with Crippen molar-refractivity contribution in [3.63, 3.8) is 0 Å². The topological polar surface area (TPSA) is 79.9 Å². The lowest BCUT2D eigenvalue weighted by Crippen LogP contribution is -2.54. The Bertz CT molecular complexity index is 751. The molecule has 7 heteroatoms. The average Bonchev–Trinajstić information content (AvgIpc) is 2.80. The minimum Gasteiger partial charge on any atom is -0.444 e. The van der Waals surface area contributed by atoms with E-state index < -0.39 is 17.7 Å². The van der Waals surface area contributed by atoms with E-state index in [1.807, 2.05) is 26.8 Å². The van der Waals surface area contributed by atoms with Crippen LogP contribution >= 0.6 is 0 Å². The largest absolute Gasteiger partial charge is 0.444 e. The van der Waals surface area contributed by atoms with E-state index in [0.717, 1.165) is 32.5 Å². The number of rotatable bonds is 9. The van der Waals surface area contributed by atoms with Crippen molar-refractivity contribution in [3.05, 3.63) is 35.9 Å². The molecule has 1 unspecified atom stereocenters. The summed E-state index contributed by atoms with van der Waals surface area (Å²) in [7, 11) is 0. The molecule has 1 saturated carbocycles. The summed E-state index contributed by atoms with van der Waals surface area (Å²) in [6.45, 7) is 9.02. The van der Waals surface area contributed by atoms with E-state index in [0.29, 0.717) is 12.5 Å². The second-order valence-corrected chi connectivity index (χ2v) is 10.8. The number of carbonyl (C=O) groups is 2. The van der Waals surface area contributed by atoms with Crippen molar-refractivity contribution in [2.45, 2.75) is 89.9 Å². The number of likely N-dealkylation sites (tertiary alicyclic amines) is 1. The quantitative estimate of drug-likeness (QED) is 0.560. The normalized spacial score (nSPS) is 19.4. The minimum atomic E-state index is -0.763. The third kappa shape index (κ3) is 9.63. The Morgan fingerprint density at radius 3 is 2.35 bits per heavy atom. The van der Waals surface area contributed by atoms with Gasteiger partial charge in [0, 0.05) is 32.3 Å².